The summed E-state index contributed by atoms with van der Waals surface area (Å²) in [6, 6.07) is 58.2. The summed E-state index contributed by atoms with van der Waals surface area (Å²) in [5, 5.41) is 5.61. The van der Waals surface area contributed by atoms with Crippen molar-refractivity contribution in [3.05, 3.63) is 257 Å². The maximum absolute atomic E-state index is 14.7. The van der Waals surface area contributed by atoms with Crippen LogP contribution in [0.2, 0.25) is 0 Å². The molecule has 0 aliphatic rings. The number of carbonyl (C=O) groups is 3. The van der Waals surface area contributed by atoms with E-state index in [-0.39, 0.29) is 57.4 Å². The maximum Gasteiger partial charge on any atom is 0.530 e. The molecule has 0 saturated carbocycles. The summed E-state index contributed by atoms with van der Waals surface area (Å²) in [6.07, 6.45) is 2.41. The van der Waals surface area contributed by atoms with E-state index in [1.807, 2.05) is 187 Å². The summed E-state index contributed by atoms with van der Waals surface area (Å²) in [6.45, 7) is 0.282. The van der Waals surface area contributed by atoms with E-state index in [0.717, 1.165) is 33.4 Å². The molecule has 73 heavy (non-hydrogen) atoms. The Morgan fingerprint density at radius 3 is 1.51 bits per heavy atom. The highest BCUT2D eigenvalue weighted by atomic mass is 31.2. The third kappa shape index (κ3) is 16.1. The molecule has 14 nitrogen and oxygen atoms in total. The second kappa shape index (κ2) is 26.2. The van der Waals surface area contributed by atoms with Crippen molar-refractivity contribution in [1.29, 1.82) is 0 Å². The molecule has 0 unspecified atom stereocenters. The van der Waals surface area contributed by atoms with Crippen molar-refractivity contribution in [2.45, 2.75) is 64.5 Å². The molecule has 1 aromatic heterocycles. The van der Waals surface area contributed by atoms with Crippen LogP contribution in [0.5, 0.6) is 11.5 Å². The number of imidazole rings is 1. The van der Waals surface area contributed by atoms with Gasteiger partial charge in [-0.05, 0) is 51.1 Å². The Morgan fingerprint density at radius 1 is 0.493 bits per heavy atom. The minimum atomic E-state index is -4.37. The summed E-state index contributed by atoms with van der Waals surface area (Å²) in [4.78, 5) is 47.0. The Morgan fingerprint density at radius 2 is 0.973 bits per heavy atom. The van der Waals surface area contributed by atoms with Gasteiger partial charge in [0.2, 0.25) is 5.91 Å². The van der Waals surface area contributed by atoms with Gasteiger partial charge in [0.05, 0.1) is 13.2 Å². The zero-order chi connectivity index (χ0) is 50.5. The zero-order valence-electron chi connectivity index (χ0n) is 39.9. The van der Waals surface area contributed by atoms with E-state index in [2.05, 4.69) is 15.6 Å². The van der Waals surface area contributed by atoms with Crippen LogP contribution in [0.25, 0.3) is 0 Å². The molecular formula is C58H55N4O10P. The second-order valence-electron chi connectivity index (χ2n) is 16.9. The number of benzene rings is 7. The number of hydrogen-bond acceptors (Lipinski definition) is 11. The topological polar surface area (TPSA) is 166 Å². The van der Waals surface area contributed by atoms with Crippen LogP contribution < -0.4 is 19.9 Å². The van der Waals surface area contributed by atoms with E-state index in [1.54, 1.807) is 30.6 Å². The predicted molar refractivity (Wildman–Crippen MR) is 275 cm³/mol. The molecule has 7 aromatic carbocycles. The Bertz CT molecular complexity index is 2980. The van der Waals surface area contributed by atoms with E-state index < -0.39 is 37.9 Å². The summed E-state index contributed by atoms with van der Waals surface area (Å²) < 4.78 is 52.4. The number of carbonyl (C=O) groups excluding carboxylic acids is 3. The number of ether oxygens (including phenoxy) is 3. The quantitative estimate of drug-likeness (QED) is 0.0413. The highest BCUT2D eigenvalue weighted by Crippen LogP contribution is 2.53. The maximum atomic E-state index is 14.7. The first kappa shape index (κ1) is 51.1. The molecule has 8 aromatic rings. The Labute approximate surface area is 424 Å². The number of aromatic nitrogens is 2. The number of phosphoric ester groups is 1. The summed E-state index contributed by atoms with van der Waals surface area (Å²) >= 11 is 0. The molecule has 372 valence electrons. The number of hydrogen-bond donors (Lipinski definition) is 2. The van der Waals surface area contributed by atoms with Gasteiger partial charge in [0.25, 0.3) is 0 Å². The first-order valence-electron chi connectivity index (χ1n) is 23.7. The van der Waals surface area contributed by atoms with Crippen LogP contribution in [0.3, 0.4) is 0 Å². The fourth-order valence-corrected chi connectivity index (χ4v) is 8.74. The zero-order valence-corrected chi connectivity index (χ0v) is 40.8. The molecule has 2 atom stereocenters. The van der Waals surface area contributed by atoms with E-state index >= 15 is 0 Å². The van der Waals surface area contributed by atoms with E-state index in [0.29, 0.717) is 17.9 Å². The van der Waals surface area contributed by atoms with Crippen LogP contribution in [0, 0.1) is 0 Å². The Kier molecular flexibility index (Phi) is 18.4. The Balaban J connectivity index is 1.08. The van der Waals surface area contributed by atoms with Gasteiger partial charge in [-0.25, -0.2) is 19.1 Å². The molecular weight excluding hydrogens is 944 g/mol. The SMILES string of the molecule is O=C(N[C@@H](Cc1nccn1Cc1ccccc1)C(=O)N[C@@H](Cc1ccc(OP(=O)(OCc2ccccc2)OCc2ccccc2)c(OCc2ccccc2)c1)C(=O)OCc1ccccc1)OCc1ccccc1. The number of rotatable bonds is 25. The molecule has 0 saturated heterocycles. The number of alkyl carbamates (subject to hydrolysis) is 1. The monoisotopic (exact) mass is 998 g/mol. The van der Waals surface area contributed by atoms with Crippen LogP contribution in [0.4, 0.5) is 4.79 Å². The molecule has 0 bridgehead atoms. The van der Waals surface area contributed by atoms with Crippen LogP contribution in [0.1, 0.15) is 44.8 Å². The van der Waals surface area contributed by atoms with Crippen LogP contribution in [-0.2, 0) is 85.1 Å². The van der Waals surface area contributed by atoms with Crippen molar-refractivity contribution >= 4 is 25.8 Å². The molecule has 2 N–H and O–H groups in total. The van der Waals surface area contributed by atoms with Gasteiger partial charge in [-0.3, -0.25) is 13.8 Å². The van der Waals surface area contributed by atoms with Crippen molar-refractivity contribution in [3.63, 3.8) is 0 Å². The van der Waals surface area contributed by atoms with Gasteiger partial charge in [-0.2, -0.15) is 0 Å². The van der Waals surface area contributed by atoms with Crippen molar-refractivity contribution < 1.29 is 46.7 Å². The summed E-state index contributed by atoms with van der Waals surface area (Å²) in [5.41, 5.74) is 5.33. The number of nitrogens with zero attached hydrogens (tertiary/aromatic N) is 2. The third-order valence-electron chi connectivity index (χ3n) is 11.4. The van der Waals surface area contributed by atoms with E-state index in [4.69, 9.17) is 27.8 Å². The summed E-state index contributed by atoms with van der Waals surface area (Å²) in [7, 11) is -4.37. The first-order chi connectivity index (χ1) is 35.7. The fraction of sp³-hybridized carbons (Fsp3) is 0.172. The van der Waals surface area contributed by atoms with Crippen LogP contribution >= 0.6 is 7.82 Å². The lowest BCUT2D eigenvalue weighted by Gasteiger charge is -2.24. The lowest BCUT2D eigenvalue weighted by atomic mass is 10.0. The molecule has 2 amide bonds. The van der Waals surface area contributed by atoms with Crippen LogP contribution in [0.15, 0.2) is 213 Å². The van der Waals surface area contributed by atoms with Gasteiger partial charge in [0.1, 0.15) is 37.7 Å². The lowest BCUT2D eigenvalue weighted by molar-refractivity contribution is -0.149. The van der Waals surface area contributed by atoms with Crippen molar-refractivity contribution in [3.8, 4) is 11.5 Å². The molecule has 0 spiro atoms. The van der Waals surface area contributed by atoms with Crippen LogP contribution in [-0.4, -0.2) is 39.6 Å². The average Bonchev–Trinajstić information content (AvgIpc) is 3.87. The highest BCUT2D eigenvalue weighted by molar-refractivity contribution is 7.48. The normalized spacial score (nSPS) is 11.9. The van der Waals surface area contributed by atoms with Gasteiger partial charge in [-0.1, -0.05) is 188 Å². The smallest absolute Gasteiger partial charge is 0.485 e. The summed E-state index contributed by atoms with van der Waals surface area (Å²) in [5.74, 6) is -0.736. The highest BCUT2D eigenvalue weighted by Gasteiger charge is 2.33. The molecule has 15 heteroatoms. The van der Waals surface area contributed by atoms with Crippen molar-refractivity contribution in [1.82, 2.24) is 20.2 Å². The first-order valence-corrected chi connectivity index (χ1v) is 25.2. The fourth-order valence-electron chi connectivity index (χ4n) is 7.55. The largest absolute Gasteiger partial charge is 0.530 e. The minimum absolute atomic E-state index is 0.0414. The Hall–Kier alpha value is -8.29. The number of esters is 1. The molecule has 0 aliphatic carbocycles. The number of nitrogens with one attached hydrogen (secondary N) is 2. The molecule has 0 fully saturated rings. The van der Waals surface area contributed by atoms with Gasteiger partial charge in [-0.15, -0.1) is 0 Å². The second-order valence-corrected chi connectivity index (χ2v) is 18.5. The van der Waals surface area contributed by atoms with Gasteiger partial charge in [0, 0.05) is 31.8 Å². The third-order valence-corrected chi connectivity index (χ3v) is 12.7. The average molecular weight is 999 g/mol. The number of amides is 2. The molecule has 8 rings (SSSR count). The van der Waals surface area contributed by atoms with Crippen molar-refractivity contribution in [2.75, 3.05) is 0 Å². The van der Waals surface area contributed by atoms with Gasteiger partial charge < -0.3 is 33.9 Å². The lowest BCUT2D eigenvalue weighted by Crippen LogP contribution is -2.53. The molecule has 0 aliphatic heterocycles. The van der Waals surface area contributed by atoms with Gasteiger partial charge in [0.15, 0.2) is 11.5 Å². The predicted octanol–water partition coefficient (Wildman–Crippen LogP) is 10.7. The number of phosphoric acid groups is 1. The van der Waals surface area contributed by atoms with E-state index in [1.165, 1.54) is 0 Å². The molecule has 1 heterocycles. The standard InChI is InChI=1S/C58H55N4O10P/c63-56(51(61-58(65)69-41-47-25-13-4-14-26-47)37-55-59-33-34-62(55)38-44-19-7-1-8-20-44)60-52(57(64)68-40-46-23-11-3-12-24-46)35-50-31-32-53(54(36-50)67-39-45-21-9-2-10-22-45)72-73(66,70-42-48-27-15-5-16-28-48)71-43-49-29-17-6-18-30-49/h1-34,36,51-52H,35,37-43H2,(H,60,63)(H,61,65)/t51-,52-/m0/s1. The minimum Gasteiger partial charge on any atom is -0.485 e. The van der Waals surface area contributed by atoms with Crippen molar-refractivity contribution in [2.24, 2.45) is 0 Å². The van der Waals surface area contributed by atoms with Gasteiger partial charge >= 0.3 is 19.9 Å². The molecule has 0 radical (unpaired) electrons. The van der Waals surface area contributed by atoms with E-state index in [9.17, 15) is 18.9 Å².